The second-order valence-corrected chi connectivity index (χ2v) is 5.56. The molecule has 0 N–H and O–H groups in total. The van der Waals surface area contributed by atoms with Gasteiger partial charge >= 0.3 is 0 Å². The molecule has 0 spiro atoms. The molecule has 0 aromatic heterocycles. The van der Waals surface area contributed by atoms with Gasteiger partial charge in [0.1, 0.15) is 0 Å². The van der Waals surface area contributed by atoms with Crippen LogP contribution in [0.15, 0.2) is 0 Å². The number of likely N-dealkylation sites (tertiary alicyclic amines) is 1. The Hall–Kier alpha value is -0.200. The third-order valence-electron chi connectivity index (χ3n) is 3.19. The molecule has 3 heteroatoms. The summed E-state index contributed by atoms with van der Waals surface area (Å²) >= 11 is 2.05. The van der Waals surface area contributed by atoms with Gasteiger partial charge in [0.25, 0.3) is 0 Å². The van der Waals surface area contributed by atoms with Crippen molar-refractivity contribution in [3.63, 3.8) is 0 Å². The standard InChI is InChI=1S/C10H16N2S/c1-10(7-11)3-4-12(8-10)9-2-5-13-6-9/h9H,2-6,8H2,1H3. The van der Waals surface area contributed by atoms with Gasteiger partial charge in [0.2, 0.25) is 0 Å². The van der Waals surface area contributed by atoms with Crippen molar-refractivity contribution in [2.45, 2.75) is 25.8 Å². The lowest BCUT2D eigenvalue weighted by Gasteiger charge is -2.23. The molecule has 2 heterocycles. The van der Waals surface area contributed by atoms with Crippen LogP contribution in [-0.4, -0.2) is 35.5 Å². The van der Waals surface area contributed by atoms with E-state index in [1.54, 1.807) is 0 Å². The Bertz CT molecular complexity index is 230. The molecular weight excluding hydrogens is 180 g/mol. The molecule has 72 valence electrons. The van der Waals surface area contributed by atoms with Crippen molar-refractivity contribution < 1.29 is 0 Å². The van der Waals surface area contributed by atoms with Crippen LogP contribution in [0.3, 0.4) is 0 Å². The summed E-state index contributed by atoms with van der Waals surface area (Å²) in [4.78, 5) is 2.52. The van der Waals surface area contributed by atoms with Crippen LogP contribution < -0.4 is 0 Å². The molecule has 0 amide bonds. The molecule has 0 aliphatic carbocycles. The minimum atomic E-state index is -0.0622. The van der Waals surface area contributed by atoms with Crippen LogP contribution in [0.5, 0.6) is 0 Å². The fourth-order valence-electron chi connectivity index (χ4n) is 2.21. The Morgan fingerprint density at radius 1 is 1.62 bits per heavy atom. The molecule has 13 heavy (non-hydrogen) atoms. The first-order chi connectivity index (χ1) is 6.23. The zero-order chi connectivity index (χ0) is 9.31. The molecule has 0 aromatic rings. The molecular formula is C10H16N2S. The second-order valence-electron chi connectivity index (χ2n) is 4.41. The van der Waals surface area contributed by atoms with E-state index >= 15 is 0 Å². The van der Waals surface area contributed by atoms with E-state index in [9.17, 15) is 0 Å². The minimum absolute atomic E-state index is 0.0622. The average Bonchev–Trinajstić information content (AvgIpc) is 2.73. The highest BCUT2D eigenvalue weighted by molar-refractivity contribution is 7.99. The SMILES string of the molecule is CC1(C#N)CCN(C2CCSC2)C1. The summed E-state index contributed by atoms with van der Waals surface area (Å²) < 4.78 is 0. The summed E-state index contributed by atoms with van der Waals surface area (Å²) in [5, 5.41) is 9.00. The lowest BCUT2D eigenvalue weighted by atomic mass is 9.92. The van der Waals surface area contributed by atoms with Crippen molar-refractivity contribution in [2.24, 2.45) is 5.41 Å². The van der Waals surface area contributed by atoms with Crippen molar-refractivity contribution in [3.05, 3.63) is 0 Å². The van der Waals surface area contributed by atoms with Crippen LogP contribution >= 0.6 is 11.8 Å². The Balaban J connectivity index is 1.94. The van der Waals surface area contributed by atoms with E-state index in [1.165, 1.54) is 17.9 Å². The number of rotatable bonds is 1. The average molecular weight is 196 g/mol. The first kappa shape index (κ1) is 9.36. The van der Waals surface area contributed by atoms with E-state index in [0.717, 1.165) is 25.6 Å². The van der Waals surface area contributed by atoms with E-state index in [1.807, 2.05) is 0 Å². The highest BCUT2D eigenvalue weighted by atomic mass is 32.2. The number of hydrogen-bond acceptors (Lipinski definition) is 3. The van der Waals surface area contributed by atoms with Crippen LogP contribution in [0.4, 0.5) is 0 Å². The quantitative estimate of drug-likeness (QED) is 0.639. The maximum atomic E-state index is 9.00. The van der Waals surface area contributed by atoms with Gasteiger partial charge in [-0.25, -0.2) is 0 Å². The van der Waals surface area contributed by atoms with E-state index in [2.05, 4.69) is 29.7 Å². The van der Waals surface area contributed by atoms with Gasteiger partial charge in [0, 0.05) is 24.9 Å². The molecule has 2 saturated heterocycles. The van der Waals surface area contributed by atoms with Crippen molar-refractivity contribution in [1.29, 1.82) is 5.26 Å². The lowest BCUT2D eigenvalue weighted by Crippen LogP contribution is -2.34. The Kier molecular flexibility index (Phi) is 2.53. The predicted octanol–water partition coefficient (Wildman–Crippen LogP) is 1.73. The lowest BCUT2D eigenvalue weighted by molar-refractivity contribution is 0.245. The van der Waals surface area contributed by atoms with Crippen LogP contribution in [0, 0.1) is 16.7 Å². The zero-order valence-corrected chi connectivity index (χ0v) is 8.94. The maximum Gasteiger partial charge on any atom is 0.0700 e. The van der Waals surface area contributed by atoms with Gasteiger partial charge in [-0.1, -0.05) is 0 Å². The normalized spacial score (nSPS) is 40.8. The van der Waals surface area contributed by atoms with Gasteiger partial charge in [-0.3, -0.25) is 4.90 Å². The van der Waals surface area contributed by atoms with Crippen molar-refractivity contribution in [3.8, 4) is 6.07 Å². The summed E-state index contributed by atoms with van der Waals surface area (Å²) in [6.45, 7) is 4.22. The first-order valence-corrected chi connectivity index (χ1v) is 6.12. The first-order valence-electron chi connectivity index (χ1n) is 4.97. The Morgan fingerprint density at radius 2 is 2.46 bits per heavy atom. The summed E-state index contributed by atoms with van der Waals surface area (Å²) in [5.41, 5.74) is -0.0622. The highest BCUT2D eigenvalue weighted by Crippen LogP contribution is 2.33. The summed E-state index contributed by atoms with van der Waals surface area (Å²) in [6.07, 6.45) is 2.39. The topological polar surface area (TPSA) is 27.0 Å². The molecule has 2 nitrogen and oxygen atoms in total. The number of nitrogens with zero attached hydrogens (tertiary/aromatic N) is 2. The van der Waals surface area contributed by atoms with Gasteiger partial charge in [-0.15, -0.1) is 0 Å². The van der Waals surface area contributed by atoms with Crippen molar-refractivity contribution in [1.82, 2.24) is 4.90 Å². The monoisotopic (exact) mass is 196 g/mol. The highest BCUT2D eigenvalue weighted by Gasteiger charge is 2.37. The molecule has 0 bridgehead atoms. The van der Waals surface area contributed by atoms with E-state index < -0.39 is 0 Å². The van der Waals surface area contributed by atoms with E-state index in [0.29, 0.717) is 0 Å². The number of nitriles is 1. The van der Waals surface area contributed by atoms with Gasteiger partial charge in [-0.2, -0.15) is 17.0 Å². The third kappa shape index (κ3) is 1.84. The van der Waals surface area contributed by atoms with Gasteiger partial charge in [0.15, 0.2) is 0 Å². The molecule has 2 rings (SSSR count). The minimum Gasteiger partial charge on any atom is -0.298 e. The van der Waals surface area contributed by atoms with Gasteiger partial charge in [0.05, 0.1) is 11.5 Å². The smallest absolute Gasteiger partial charge is 0.0700 e. The molecule has 2 atom stereocenters. The second kappa shape index (κ2) is 3.51. The van der Waals surface area contributed by atoms with E-state index in [-0.39, 0.29) is 5.41 Å². The third-order valence-corrected chi connectivity index (χ3v) is 4.34. The zero-order valence-electron chi connectivity index (χ0n) is 8.12. The molecule has 2 unspecified atom stereocenters. The molecule has 0 aromatic carbocycles. The molecule has 0 saturated carbocycles. The van der Waals surface area contributed by atoms with E-state index in [4.69, 9.17) is 5.26 Å². The molecule has 2 aliphatic rings. The number of hydrogen-bond donors (Lipinski definition) is 0. The fourth-order valence-corrected chi connectivity index (χ4v) is 3.46. The maximum absolute atomic E-state index is 9.00. The Morgan fingerprint density at radius 3 is 3.00 bits per heavy atom. The molecule has 0 radical (unpaired) electrons. The van der Waals surface area contributed by atoms with Crippen molar-refractivity contribution >= 4 is 11.8 Å². The van der Waals surface area contributed by atoms with Crippen LogP contribution in [-0.2, 0) is 0 Å². The summed E-state index contributed by atoms with van der Waals surface area (Å²) in [6, 6.07) is 3.21. The van der Waals surface area contributed by atoms with Gasteiger partial charge < -0.3 is 0 Å². The molecule has 2 fully saturated rings. The summed E-state index contributed by atoms with van der Waals surface area (Å²) in [7, 11) is 0. The Labute approximate surface area is 84.3 Å². The predicted molar refractivity (Wildman–Crippen MR) is 55.6 cm³/mol. The van der Waals surface area contributed by atoms with Gasteiger partial charge in [-0.05, 0) is 25.5 Å². The largest absolute Gasteiger partial charge is 0.298 e. The molecule has 2 aliphatic heterocycles. The van der Waals surface area contributed by atoms with Crippen LogP contribution in [0.25, 0.3) is 0 Å². The fraction of sp³-hybridized carbons (Fsp3) is 0.900. The van der Waals surface area contributed by atoms with Crippen LogP contribution in [0.2, 0.25) is 0 Å². The number of thioether (sulfide) groups is 1. The van der Waals surface area contributed by atoms with Crippen molar-refractivity contribution in [2.75, 3.05) is 24.6 Å². The van der Waals surface area contributed by atoms with Crippen LogP contribution in [0.1, 0.15) is 19.8 Å². The summed E-state index contributed by atoms with van der Waals surface area (Å²) in [5.74, 6) is 2.59.